The van der Waals surface area contributed by atoms with E-state index in [-0.39, 0.29) is 11.8 Å². The zero-order chi connectivity index (χ0) is 19.6. The van der Waals surface area contributed by atoms with Crippen LogP contribution in [0.3, 0.4) is 0 Å². The van der Waals surface area contributed by atoms with E-state index in [0.29, 0.717) is 0 Å². The molecule has 1 aliphatic heterocycles. The minimum atomic E-state index is -0.441. The van der Waals surface area contributed by atoms with E-state index >= 15 is 0 Å². The van der Waals surface area contributed by atoms with Crippen LogP contribution in [0, 0.1) is 5.41 Å². The third-order valence-electron chi connectivity index (χ3n) is 5.18. The maximum atomic E-state index is 13.5. The summed E-state index contributed by atoms with van der Waals surface area (Å²) in [6.07, 6.45) is 3.74. The molecule has 28 heavy (non-hydrogen) atoms. The van der Waals surface area contributed by atoms with Crippen LogP contribution in [0.2, 0.25) is 0 Å². The maximum absolute atomic E-state index is 13.5. The maximum Gasteiger partial charge on any atom is 0.167 e. The predicted octanol–water partition coefficient (Wildman–Crippen LogP) is 5.38. The fraction of sp³-hybridized carbons (Fsp3) is 0.250. The van der Waals surface area contributed by atoms with Crippen molar-refractivity contribution in [3.63, 3.8) is 0 Å². The second kappa shape index (κ2) is 7.82. The predicted molar refractivity (Wildman–Crippen MR) is 115 cm³/mol. The van der Waals surface area contributed by atoms with Crippen LogP contribution >= 0.6 is 11.3 Å². The molecule has 1 aromatic carbocycles. The van der Waals surface area contributed by atoms with Gasteiger partial charge in [-0.2, -0.15) is 0 Å². The van der Waals surface area contributed by atoms with E-state index in [4.69, 9.17) is 0 Å². The highest BCUT2D eigenvalue weighted by atomic mass is 32.1. The molecule has 1 aliphatic rings. The van der Waals surface area contributed by atoms with Gasteiger partial charge in [-0.05, 0) is 35.2 Å². The Hall–Kier alpha value is -2.56. The largest absolute Gasteiger partial charge is 0.294 e. The minimum absolute atomic E-state index is 0.0779. The van der Waals surface area contributed by atoms with Crippen LogP contribution in [-0.2, 0) is 11.3 Å². The number of hydrogen-bond acceptors (Lipinski definition) is 4. The molecule has 0 radical (unpaired) electrons. The number of carbonyl (C=O) groups excluding carboxylic acids is 1. The van der Waals surface area contributed by atoms with Crippen molar-refractivity contribution in [1.29, 1.82) is 0 Å². The van der Waals surface area contributed by atoms with Gasteiger partial charge in [0.25, 0.3) is 0 Å². The number of pyridine rings is 1. The number of benzene rings is 1. The number of hydrogen-bond donors (Lipinski definition) is 0. The van der Waals surface area contributed by atoms with Crippen molar-refractivity contribution in [2.45, 2.75) is 26.4 Å². The van der Waals surface area contributed by atoms with Gasteiger partial charge in [0.2, 0.25) is 0 Å². The lowest BCUT2D eigenvalue weighted by Gasteiger charge is -2.44. The summed E-state index contributed by atoms with van der Waals surface area (Å²) in [6, 6.07) is 20.3. The molecule has 0 bridgehead atoms. The lowest BCUT2D eigenvalue weighted by Crippen LogP contribution is -2.48. The van der Waals surface area contributed by atoms with Crippen molar-refractivity contribution in [3.8, 4) is 0 Å². The van der Waals surface area contributed by atoms with Crippen LogP contribution in [0.1, 0.15) is 36.0 Å². The van der Waals surface area contributed by atoms with Gasteiger partial charge < -0.3 is 0 Å². The monoisotopic (exact) mass is 388 g/mol. The Morgan fingerprint density at radius 1 is 1.11 bits per heavy atom. The minimum Gasteiger partial charge on any atom is -0.294 e. The molecule has 0 saturated carbocycles. The lowest BCUT2D eigenvalue weighted by molar-refractivity contribution is -0.128. The van der Waals surface area contributed by atoms with E-state index in [0.717, 1.165) is 29.9 Å². The smallest absolute Gasteiger partial charge is 0.167 e. The Balaban J connectivity index is 1.83. The van der Waals surface area contributed by atoms with E-state index in [2.05, 4.69) is 39.5 Å². The fourth-order valence-corrected chi connectivity index (χ4v) is 4.65. The molecule has 4 heteroatoms. The summed E-state index contributed by atoms with van der Waals surface area (Å²) in [6.45, 7) is 5.64. The fourth-order valence-electron chi connectivity index (χ4n) is 3.92. The number of nitrogens with zero attached hydrogens (tertiary/aromatic N) is 2. The third-order valence-corrected chi connectivity index (χ3v) is 6.04. The zero-order valence-electron chi connectivity index (χ0n) is 16.2. The first-order valence-corrected chi connectivity index (χ1v) is 10.4. The quantitative estimate of drug-likeness (QED) is 0.563. The number of carbonyl (C=O) groups is 1. The second-order valence-corrected chi connectivity index (χ2v) is 8.90. The highest BCUT2D eigenvalue weighted by Gasteiger charge is 2.43. The van der Waals surface area contributed by atoms with Crippen molar-refractivity contribution < 1.29 is 4.79 Å². The summed E-state index contributed by atoms with van der Waals surface area (Å²) in [5.41, 5.74) is 2.34. The first-order chi connectivity index (χ1) is 13.5. The first-order valence-electron chi connectivity index (χ1n) is 9.53. The molecular weight excluding hydrogens is 364 g/mol. The Morgan fingerprint density at radius 3 is 2.57 bits per heavy atom. The SMILES string of the molecule is CC1(C)CN(Cc2cccs2)C(c2ccccc2)/C(=C\c2ccccn2)C1=O. The molecule has 2 aromatic heterocycles. The molecule has 3 heterocycles. The Bertz CT molecular complexity index is 962. The molecule has 3 nitrogen and oxygen atoms in total. The molecular formula is C24H24N2OS. The summed E-state index contributed by atoms with van der Waals surface area (Å²) in [4.78, 5) is 21.6. The molecule has 1 atom stereocenters. The van der Waals surface area contributed by atoms with Gasteiger partial charge in [0.15, 0.2) is 5.78 Å². The molecule has 0 spiro atoms. The Morgan fingerprint density at radius 2 is 1.89 bits per heavy atom. The van der Waals surface area contributed by atoms with E-state index in [1.807, 2.05) is 56.3 Å². The summed E-state index contributed by atoms with van der Waals surface area (Å²) in [7, 11) is 0. The molecule has 1 saturated heterocycles. The Kier molecular flexibility index (Phi) is 5.25. The number of thiophene rings is 1. The van der Waals surface area contributed by atoms with Gasteiger partial charge in [-0.1, -0.05) is 56.3 Å². The van der Waals surface area contributed by atoms with Crippen LogP contribution in [0.15, 0.2) is 77.8 Å². The summed E-state index contributed by atoms with van der Waals surface area (Å²) < 4.78 is 0. The van der Waals surface area contributed by atoms with Gasteiger partial charge in [-0.15, -0.1) is 11.3 Å². The van der Waals surface area contributed by atoms with Crippen LogP contribution in [-0.4, -0.2) is 22.2 Å². The number of ketones is 1. The summed E-state index contributed by atoms with van der Waals surface area (Å²) in [5, 5.41) is 2.11. The normalized spacial score (nSPS) is 21.1. The van der Waals surface area contributed by atoms with Gasteiger partial charge in [0, 0.05) is 35.2 Å². The standard InChI is InChI=1S/C24H24N2OS/c1-24(2)17-26(16-20-12-8-14-28-20)22(18-9-4-3-5-10-18)21(23(24)27)15-19-11-6-7-13-25-19/h3-15,22H,16-17H2,1-2H3/b21-15+. The van der Waals surface area contributed by atoms with Crippen molar-refractivity contribution in [3.05, 3.63) is 93.9 Å². The number of rotatable bonds is 4. The average molecular weight is 389 g/mol. The van der Waals surface area contributed by atoms with E-state index < -0.39 is 5.41 Å². The van der Waals surface area contributed by atoms with Crippen LogP contribution in [0.5, 0.6) is 0 Å². The van der Waals surface area contributed by atoms with E-state index in [1.165, 1.54) is 4.88 Å². The van der Waals surface area contributed by atoms with Gasteiger partial charge in [0.05, 0.1) is 11.7 Å². The molecule has 0 amide bonds. The molecule has 3 aromatic rings. The number of aromatic nitrogens is 1. The molecule has 1 fully saturated rings. The van der Waals surface area contributed by atoms with Crippen molar-refractivity contribution >= 4 is 23.2 Å². The molecule has 4 rings (SSSR count). The molecule has 1 unspecified atom stereocenters. The van der Waals surface area contributed by atoms with Crippen molar-refractivity contribution in [2.75, 3.05) is 6.54 Å². The zero-order valence-corrected chi connectivity index (χ0v) is 17.0. The third kappa shape index (κ3) is 3.84. The van der Waals surface area contributed by atoms with Crippen LogP contribution in [0.4, 0.5) is 0 Å². The van der Waals surface area contributed by atoms with Gasteiger partial charge in [-0.25, -0.2) is 0 Å². The van der Waals surface area contributed by atoms with E-state index in [9.17, 15) is 4.79 Å². The molecule has 142 valence electrons. The van der Waals surface area contributed by atoms with E-state index in [1.54, 1.807) is 17.5 Å². The summed E-state index contributed by atoms with van der Waals surface area (Å²) in [5.74, 6) is 0.203. The number of piperidine rings is 1. The van der Waals surface area contributed by atoms with Crippen molar-refractivity contribution in [2.24, 2.45) is 5.41 Å². The summed E-state index contributed by atoms with van der Waals surface area (Å²) >= 11 is 1.76. The topological polar surface area (TPSA) is 33.2 Å². The van der Waals surface area contributed by atoms with Gasteiger partial charge in [0.1, 0.15) is 0 Å². The first kappa shape index (κ1) is 18.8. The Labute approximate surface area is 170 Å². The molecule has 0 aliphatic carbocycles. The second-order valence-electron chi connectivity index (χ2n) is 7.86. The highest BCUT2D eigenvalue weighted by Crippen LogP contribution is 2.42. The van der Waals surface area contributed by atoms with Crippen LogP contribution < -0.4 is 0 Å². The highest BCUT2D eigenvalue weighted by molar-refractivity contribution is 7.09. The van der Waals surface area contributed by atoms with Crippen molar-refractivity contribution in [1.82, 2.24) is 9.88 Å². The number of Topliss-reactive ketones (excluding diaryl/α,β-unsaturated/α-hetero) is 1. The lowest BCUT2D eigenvalue weighted by atomic mass is 9.74. The van der Waals surface area contributed by atoms with Gasteiger partial charge >= 0.3 is 0 Å². The van der Waals surface area contributed by atoms with Gasteiger partial charge in [-0.3, -0.25) is 14.7 Å². The number of likely N-dealkylation sites (tertiary alicyclic amines) is 1. The van der Waals surface area contributed by atoms with Crippen LogP contribution in [0.25, 0.3) is 6.08 Å². The average Bonchev–Trinajstić information content (AvgIpc) is 3.20. The molecule has 0 N–H and O–H groups in total.